The predicted octanol–water partition coefficient (Wildman–Crippen LogP) is 2.07. The zero-order valence-corrected chi connectivity index (χ0v) is 10.2. The smallest absolute Gasteiger partial charge is 0.394 e. The number of hydrogen-bond donors (Lipinski definition) is 1. The molecule has 2 aromatic rings. The summed E-state index contributed by atoms with van der Waals surface area (Å²) in [6.45, 7) is 0. The Morgan fingerprint density at radius 1 is 1.20 bits per heavy atom. The lowest BCUT2D eigenvalue weighted by Gasteiger charge is -1.96. The van der Waals surface area contributed by atoms with Crippen LogP contribution < -0.4 is 15.6 Å². The van der Waals surface area contributed by atoms with Gasteiger partial charge in [0.25, 0.3) is 0 Å². The number of rotatable bonds is 2. The van der Waals surface area contributed by atoms with E-state index in [1.165, 1.54) is 7.11 Å². The van der Waals surface area contributed by atoms with Gasteiger partial charge in [0.05, 0.1) is 14.2 Å². The van der Waals surface area contributed by atoms with Crippen molar-refractivity contribution < 1.29 is 13.9 Å². The molecule has 0 bridgehead atoms. The van der Waals surface area contributed by atoms with E-state index in [1.807, 2.05) is 18.2 Å². The van der Waals surface area contributed by atoms with Crippen molar-refractivity contribution in [2.24, 2.45) is 0 Å². The summed E-state index contributed by atoms with van der Waals surface area (Å²) in [7, 11) is 3.10. The summed E-state index contributed by atoms with van der Waals surface area (Å²) in [5.41, 5.74) is 1.35. The van der Waals surface area contributed by atoms with Gasteiger partial charge in [0.2, 0.25) is 0 Å². The molecule has 3 N–H and O–H groups in total. The molecule has 1 aromatic carbocycles. The zero-order chi connectivity index (χ0) is 9.26. The summed E-state index contributed by atoms with van der Waals surface area (Å²) < 4.78 is 15.2. The van der Waals surface area contributed by atoms with Crippen LogP contribution in [0.2, 0.25) is 0 Å². The first-order chi connectivity index (χ1) is 6.35. The van der Waals surface area contributed by atoms with Gasteiger partial charge in [-0.15, -0.1) is 0 Å². The maximum Gasteiger partial charge on any atom is 0.394 e. The largest absolute Gasteiger partial charge is 0.494 e. The number of fused-ring (bicyclic) bond motifs is 1. The normalized spacial score (nSPS) is 8.93. The van der Waals surface area contributed by atoms with Crippen molar-refractivity contribution in [3.63, 3.8) is 0 Å². The highest BCUT2D eigenvalue weighted by molar-refractivity contribution is 6.92. The summed E-state index contributed by atoms with van der Waals surface area (Å²) in [4.78, 5) is 4.09. The van der Waals surface area contributed by atoms with Crippen LogP contribution in [-0.2, 0) is 0 Å². The number of para-hydroxylation sites is 1. The quantitative estimate of drug-likeness (QED) is 0.799. The van der Waals surface area contributed by atoms with Gasteiger partial charge in [0, 0.05) is 0 Å². The van der Waals surface area contributed by atoms with Gasteiger partial charge >= 0.3 is 6.08 Å². The van der Waals surface area contributed by atoms with Crippen molar-refractivity contribution >= 4 is 21.0 Å². The SMILES string of the molecule is COc1nc2c(OC)cccc2o1.N.P. The van der Waals surface area contributed by atoms with Gasteiger partial charge in [0.1, 0.15) is 5.75 Å². The lowest BCUT2D eigenvalue weighted by atomic mass is 10.3. The van der Waals surface area contributed by atoms with Crippen LogP contribution in [0.4, 0.5) is 0 Å². The van der Waals surface area contributed by atoms with Crippen molar-refractivity contribution in [3.05, 3.63) is 18.2 Å². The van der Waals surface area contributed by atoms with Crippen molar-refractivity contribution in [1.82, 2.24) is 11.1 Å². The molecule has 0 saturated heterocycles. The molecule has 0 radical (unpaired) electrons. The first-order valence-corrected chi connectivity index (χ1v) is 3.82. The monoisotopic (exact) mass is 230 g/mol. The van der Waals surface area contributed by atoms with Crippen molar-refractivity contribution in [3.8, 4) is 11.8 Å². The molecule has 1 unspecified atom stereocenters. The second-order valence-corrected chi connectivity index (χ2v) is 2.49. The lowest BCUT2D eigenvalue weighted by molar-refractivity contribution is 0.299. The number of hydrogen-bond acceptors (Lipinski definition) is 5. The molecular weight excluding hydrogens is 215 g/mol. The molecule has 0 spiro atoms. The van der Waals surface area contributed by atoms with Crippen LogP contribution in [0.15, 0.2) is 22.6 Å². The Kier molecular flexibility index (Phi) is 5.05. The van der Waals surface area contributed by atoms with Gasteiger partial charge in [-0.25, -0.2) is 0 Å². The first-order valence-electron chi connectivity index (χ1n) is 3.82. The minimum atomic E-state index is 0. The third-order valence-corrected chi connectivity index (χ3v) is 1.76. The van der Waals surface area contributed by atoms with Crippen LogP contribution in [0.5, 0.6) is 11.8 Å². The Morgan fingerprint density at radius 3 is 2.53 bits per heavy atom. The predicted molar refractivity (Wildman–Crippen MR) is 63.2 cm³/mol. The van der Waals surface area contributed by atoms with Crippen LogP contribution in [0.3, 0.4) is 0 Å². The van der Waals surface area contributed by atoms with Crippen LogP contribution in [0.25, 0.3) is 11.1 Å². The van der Waals surface area contributed by atoms with Crippen molar-refractivity contribution in [2.75, 3.05) is 14.2 Å². The zero-order valence-electron chi connectivity index (χ0n) is 8.82. The van der Waals surface area contributed by atoms with Gasteiger partial charge in [-0.2, -0.15) is 14.9 Å². The van der Waals surface area contributed by atoms with Gasteiger partial charge in [-0.05, 0) is 12.1 Å². The second-order valence-electron chi connectivity index (χ2n) is 2.49. The van der Waals surface area contributed by atoms with Crippen LogP contribution in [0, 0.1) is 0 Å². The minimum Gasteiger partial charge on any atom is -0.494 e. The molecular formula is C9H15N2O3P. The topological polar surface area (TPSA) is 79.5 Å². The van der Waals surface area contributed by atoms with Gasteiger partial charge < -0.3 is 20.0 Å². The summed E-state index contributed by atoms with van der Waals surface area (Å²) in [6, 6.07) is 5.48. The van der Waals surface area contributed by atoms with E-state index >= 15 is 0 Å². The standard InChI is InChI=1S/C9H9NO3.H3N.H3P/c1-11-6-4-3-5-7-8(6)10-9(12-2)13-7;;/h3-5H,1-2H3;2*1H3. The molecule has 0 amide bonds. The molecule has 1 aromatic heterocycles. The Labute approximate surface area is 91.0 Å². The molecule has 0 fully saturated rings. The Morgan fingerprint density at radius 2 is 1.93 bits per heavy atom. The molecule has 2 rings (SSSR count). The van der Waals surface area contributed by atoms with Crippen molar-refractivity contribution in [2.45, 2.75) is 0 Å². The number of aromatic nitrogens is 1. The number of oxazole rings is 1. The van der Waals surface area contributed by atoms with E-state index in [4.69, 9.17) is 13.9 Å². The summed E-state index contributed by atoms with van der Waals surface area (Å²) in [6.07, 6.45) is 0.250. The fourth-order valence-corrected chi connectivity index (χ4v) is 1.15. The highest BCUT2D eigenvalue weighted by atomic mass is 31.0. The molecule has 0 aliphatic heterocycles. The average Bonchev–Trinajstić information content (AvgIpc) is 2.59. The average molecular weight is 230 g/mol. The van der Waals surface area contributed by atoms with Crippen LogP contribution in [0.1, 0.15) is 0 Å². The highest BCUT2D eigenvalue weighted by Gasteiger charge is 2.09. The van der Waals surface area contributed by atoms with E-state index in [0.717, 1.165) is 0 Å². The number of nitrogens with zero attached hydrogens (tertiary/aromatic N) is 1. The van der Waals surface area contributed by atoms with Gasteiger partial charge in [0.15, 0.2) is 11.1 Å². The first kappa shape index (κ1) is 13.7. The van der Waals surface area contributed by atoms with Gasteiger partial charge in [-0.3, -0.25) is 0 Å². The summed E-state index contributed by atoms with van der Waals surface area (Å²) in [5.74, 6) is 0.685. The van der Waals surface area contributed by atoms with E-state index in [2.05, 4.69) is 4.98 Å². The van der Waals surface area contributed by atoms with Gasteiger partial charge in [-0.1, -0.05) is 6.07 Å². The van der Waals surface area contributed by atoms with Crippen LogP contribution in [-0.4, -0.2) is 19.2 Å². The van der Waals surface area contributed by atoms with E-state index in [9.17, 15) is 0 Å². The molecule has 0 aliphatic carbocycles. The number of benzene rings is 1. The number of methoxy groups -OCH3 is 2. The number of ether oxygens (including phenoxy) is 2. The Bertz CT molecular complexity index is 430. The molecule has 1 atom stereocenters. The summed E-state index contributed by atoms with van der Waals surface area (Å²) in [5, 5.41) is 0. The van der Waals surface area contributed by atoms with Crippen molar-refractivity contribution in [1.29, 1.82) is 0 Å². The Hall–Kier alpha value is -1.32. The van der Waals surface area contributed by atoms with Crippen LogP contribution >= 0.6 is 9.90 Å². The fraction of sp³-hybridized carbons (Fsp3) is 0.222. The molecule has 84 valence electrons. The molecule has 0 aliphatic rings. The molecule has 5 nitrogen and oxygen atoms in total. The maximum absolute atomic E-state index is 5.25. The molecule has 6 heteroatoms. The minimum absolute atomic E-state index is 0. The third-order valence-electron chi connectivity index (χ3n) is 1.76. The lowest BCUT2D eigenvalue weighted by Crippen LogP contribution is -1.84. The second kappa shape index (κ2) is 5.53. The maximum atomic E-state index is 5.25. The highest BCUT2D eigenvalue weighted by Crippen LogP contribution is 2.27. The third kappa shape index (κ3) is 2.37. The van der Waals surface area contributed by atoms with E-state index in [-0.39, 0.29) is 22.1 Å². The van der Waals surface area contributed by atoms with E-state index in [0.29, 0.717) is 16.8 Å². The van der Waals surface area contributed by atoms with E-state index in [1.54, 1.807) is 7.11 Å². The molecule has 1 heterocycles. The molecule has 15 heavy (non-hydrogen) atoms. The molecule has 0 saturated carbocycles. The fourth-order valence-electron chi connectivity index (χ4n) is 1.15. The Balaban J connectivity index is 0.000000980. The van der Waals surface area contributed by atoms with E-state index < -0.39 is 0 Å². The summed E-state index contributed by atoms with van der Waals surface area (Å²) >= 11 is 0.